The van der Waals surface area contributed by atoms with Gasteiger partial charge in [0.25, 0.3) is 0 Å². The van der Waals surface area contributed by atoms with E-state index in [1.165, 1.54) is 23.1 Å². The molecule has 0 aliphatic rings. The molecule has 1 rings (SSSR count). The molecule has 13 heavy (non-hydrogen) atoms. The highest BCUT2D eigenvalue weighted by molar-refractivity contribution is 9.09. The molecule has 0 N–H and O–H groups in total. The standard InChI is InChI=1S/C12H17Br/c1-4-12(13)8-11-6-5-9(2)10(3)7-11/h5-7,12H,4,8H2,1-3H3. The van der Waals surface area contributed by atoms with E-state index in [2.05, 4.69) is 54.9 Å². The lowest BCUT2D eigenvalue weighted by Gasteiger charge is -2.08. The third-order valence-electron chi connectivity index (χ3n) is 2.47. The molecule has 1 aromatic rings. The molecule has 0 saturated heterocycles. The van der Waals surface area contributed by atoms with E-state index >= 15 is 0 Å². The van der Waals surface area contributed by atoms with Gasteiger partial charge in [0.1, 0.15) is 0 Å². The van der Waals surface area contributed by atoms with E-state index in [1.54, 1.807) is 0 Å². The van der Waals surface area contributed by atoms with Crippen LogP contribution in [0.15, 0.2) is 18.2 Å². The van der Waals surface area contributed by atoms with Crippen molar-refractivity contribution >= 4 is 15.9 Å². The van der Waals surface area contributed by atoms with Gasteiger partial charge < -0.3 is 0 Å². The van der Waals surface area contributed by atoms with E-state index < -0.39 is 0 Å². The molecular weight excluding hydrogens is 224 g/mol. The number of hydrogen-bond acceptors (Lipinski definition) is 0. The van der Waals surface area contributed by atoms with Gasteiger partial charge in [-0.3, -0.25) is 0 Å². The molecule has 0 fully saturated rings. The van der Waals surface area contributed by atoms with Gasteiger partial charge in [-0.05, 0) is 43.4 Å². The van der Waals surface area contributed by atoms with Crippen LogP contribution in [0.2, 0.25) is 0 Å². The Morgan fingerprint density at radius 2 is 1.92 bits per heavy atom. The van der Waals surface area contributed by atoms with Gasteiger partial charge in [0.05, 0.1) is 0 Å². The van der Waals surface area contributed by atoms with Crippen LogP contribution >= 0.6 is 15.9 Å². The van der Waals surface area contributed by atoms with Crippen molar-refractivity contribution in [3.8, 4) is 0 Å². The van der Waals surface area contributed by atoms with Gasteiger partial charge in [0.15, 0.2) is 0 Å². The Hall–Kier alpha value is -0.300. The summed E-state index contributed by atoms with van der Waals surface area (Å²) in [6.07, 6.45) is 2.32. The second kappa shape index (κ2) is 4.80. The highest BCUT2D eigenvalue weighted by atomic mass is 79.9. The molecule has 0 amide bonds. The van der Waals surface area contributed by atoms with Crippen LogP contribution < -0.4 is 0 Å². The maximum atomic E-state index is 3.66. The molecule has 1 aromatic carbocycles. The van der Waals surface area contributed by atoms with Gasteiger partial charge in [0.2, 0.25) is 0 Å². The average molecular weight is 241 g/mol. The molecule has 0 aliphatic heterocycles. The summed E-state index contributed by atoms with van der Waals surface area (Å²) >= 11 is 3.66. The topological polar surface area (TPSA) is 0 Å². The predicted molar refractivity (Wildman–Crippen MR) is 62.6 cm³/mol. The molecule has 0 saturated carbocycles. The Labute approximate surface area is 89.5 Å². The summed E-state index contributed by atoms with van der Waals surface area (Å²) in [5.74, 6) is 0. The number of rotatable bonds is 3. The maximum Gasteiger partial charge on any atom is 0.0183 e. The highest BCUT2D eigenvalue weighted by Crippen LogP contribution is 2.16. The maximum absolute atomic E-state index is 3.66. The van der Waals surface area contributed by atoms with Crippen molar-refractivity contribution in [2.75, 3.05) is 0 Å². The van der Waals surface area contributed by atoms with Gasteiger partial charge >= 0.3 is 0 Å². The zero-order valence-corrected chi connectivity index (χ0v) is 10.2. The zero-order chi connectivity index (χ0) is 9.84. The fraction of sp³-hybridized carbons (Fsp3) is 0.500. The smallest absolute Gasteiger partial charge is 0.0183 e. The van der Waals surface area contributed by atoms with E-state index in [1.807, 2.05) is 0 Å². The SMILES string of the molecule is CCC(Br)Cc1ccc(C)c(C)c1. The monoisotopic (exact) mass is 240 g/mol. The first kappa shape index (κ1) is 10.8. The van der Waals surface area contributed by atoms with Gasteiger partial charge in [-0.15, -0.1) is 0 Å². The molecule has 1 atom stereocenters. The normalized spacial score (nSPS) is 12.9. The minimum atomic E-state index is 0.620. The first-order valence-electron chi connectivity index (χ1n) is 4.83. The molecule has 0 radical (unpaired) electrons. The highest BCUT2D eigenvalue weighted by Gasteiger charge is 2.03. The molecule has 0 aromatic heterocycles. The van der Waals surface area contributed by atoms with E-state index in [-0.39, 0.29) is 0 Å². The number of aryl methyl sites for hydroxylation is 2. The Kier molecular flexibility index (Phi) is 3.98. The quantitative estimate of drug-likeness (QED) is 0.701. The second-order valence-electron chi connectivity index (χ2n) is 3.63. The first-order chi connectivity index (χ1) is 6.13. The van der Waals surface area contributed by atoms with Crippen LogP contribution in [0.3, 0.4) is 0 Å². The summed E-state index contributed by atoms with van der Waals surface area (Å²) in [5, 5.41) is 0. The summed E-state index contributed by atoms with van der Waals surface area (Å²) < 4.78 is 0. The summed E-state index contributed by atoms with van der Waals surface area (Å²) in [6.45, 7) is 6.54. The molecule has 1 unspecified atom stereocenters. The number of halogens is 1. The lowest BCUT2D eigenvalue weighted by Crippen LogP contribution is -2.00. The predicted octanol–water partition coefficient (Wildman–Crippen LogP) is 4.02. The van der Waals surface area contributed by atoms with Crippen LogP contribution in [-0.4, -0.2) is 4.83 Å². The summed E-state index contributed by atoms with van der Waals surface area (Å²) in [6, 6.07) is 6.73. The molecule has 0 bridgehead atoms. The van der Waals surface area contributed by atoms with Crippen molar-refractivity contribution in [1.29, 1.82) is 0 Å². The average Bonchev–Trinajstić information content (AvgIpc) is 2.11. The Morgan fingerprint density at radius 3 is 2.46 bits per heavy atom. The van der Waals surface area contributed by atoms with Crippen LogP contribution in [0.25, 0.3) is 0 Å². The summed E-state index contributed by atoms with van der Waals surface area (Å²) in [5.41, 5.74) is 4.21. The lowest BCUT2D eigenvalue weighted by molar-refractivity contribution is 0.828. The third-order valence-corrected chi connectivity index (χ3v) is 3.44. The van der Waals surface area contributed by atoms with Gasteiger partial charge in [-0.2, -0.15) is 0 Å². The Balaban J connectivity index is 2.73. The Bertz CT molecular complexity index is 278. The van der Waals surface area contributed by atoms with Crippen molar-refractivity contribution in [2.45, 2.75) is 38.4 Å². The van der Waals surface area contributed by atoms with Crippen LogP contribution in [0.5, 0.6) is 0 Å². The zero-order valence-electron chi connectivity index (χ0n) is 8.60. The van der Waals surface area contributed by atoms with Gasteiger partial charge in [-0.25, -0.2) is 0 Å². The number of hydrogen-bond donors (Lipinski definition) is 0. The van der Waals surface area contributed by atoms with Crippen molar-refractivity contribution in [1.82, 2.24) is 0 Å². The Morgan fingerprint density at radius 1 is 1.23 bits per heavy atom. The van der Waals surface area contributed by atoms with E-state index in [9.17, 15) is 0 Å². The minimum absolute atomic E-state index is 0.620. The molecule has 72 valence electrons. The second-order valence-corrected chi connectivity index (χ2v) is 4.92. The van der Waals surface area contributed by atoms with Gasteiger partial charge in [0, 0.05) is 4.83 Å². The van der Waals surface area contributed by atoms with Crippen LogP contribution in [0.1, 0.15) is 30.0 Å². The van der Waals surface area contributed by atoms with E-state index in [0.29, 0.717) is 4.83 Å². The molecule has 0 aliphatic carbocycles. The van der Waals surface area contributed by atoms with Crippen molar-refractivity contribution in [3.05, 3.63) is 34.9 Å². The first-order valence-corrected chi connectivity index (χ1v) is 5.75. The van der Waals surface area contributed by atoms with Crippen LogP contribution in [-0.2, 0) is 6.42 Å². The third kappa shape index (κ3) is 3.15. The molecule has 0 heterocycles. The van der Waals surface area contributed by atoms with Crippen LogP contribution in [0, 0.1) is 13.8 Å². The van der Waals surface area contributed by atoms with Gasteiger partial charge in [-0.1, -0.05) is 41.1 Å². The largest absolute Gasteiger partial charge is 0.0887 e. The minimum Gasteiger partial charge on any atom is -0.0887 e. The van der Waals surface area contributed by atoms with E-state index in [0.717, 1.165) is 6.42 Å². The molecular formula is C12H17Br. The van der Waals surface area contributed by atoms with Crippen molar-refractivity contribution in [2.24, 2.45) is 0 Å². The van der Waals surface area contributed by atoms with Crippen LogP contribution in [0.4, 0.5) is 0 Å². The number of alkyl halides is 1. The molecule has 1 heteroatoms. The van der Waals surface area contributed by atoms with Crippen molar-refractivity contribution < 1.29 is 0 Å². The van der Waals surface area contributed by atoms with Crippen molar-refractivity contribution in [3.63, 3.8) is 0 Å². The summed E-state index contributed by atoms with van der Waals surface area (Å²) in [4.78, 5) is 0.620. The molecule has 0 spiro atoms. The number of benzene rings is 1. The summed E-state index contributed by atoms with van der Waals surface area (Å²) in [7, 11) is 0. The van der Waals surface area contributed by atoms with E-state index in [4.69, 9.17) is 0 Å². The fourth-order valence-electron chi connectivity index (χ4n) is 1.33. The molecule has 0 nitrogen and oxygen atoms in total. The fourth-order valence-corrected chi connectivity index (χ4v) is 1.70. The lowest BCUT2D eigenvalue weighted by atomic mass is 10.0.